The SMILES string of the molecule is CCC/C(C)=C(\C)Oc1cc2c(cc1C)CCN(C)C1CCc3c(CN(N)Cc4ccccc4)cccc3C21. The fourth-order valence-corrected chi connectivity index (χ4v) is 6.65. The Bertz CT molecular complexity index is 1330. The smallest absolute Gasteiger partial charge is 0.130 e. The van der Waals surface area contributed by atoms with Gasteiger partial charge in [0.15, 0.2) is 0 Å². The predicted octanol–water partition coefficient (Wildman–Crippen LogP) is 7.28. The van der Waals surface area contributed by atoms with Crippen molar-refractivity contribution in [1.29, 1.82) is 0 Å². The third-order valence-electron chi connectivity index (χ3n) is 8.88. The third kappa shape index (κ3) is 5.99. The quantitative estimate of drug-likeness (QED) is 0.191. The van der Waals surface area contributed by atoms with Crippen LogP contribution in [0.15, 0.2) is 72.0 Å². The van der Waals surface area contributed by atoms with Crippen LogP contribution in [0.1, 0.15) is 84.9 Å². The highest BCUT2D eigenvalue weighted by Gasteiger charge is 2.37. The number of rotatable bonds is 8. The first-order chi connectivity index (χ1) is 18.9. The maximum absolute atomic E-state index is 6.56. The van der Waals surface area contributed by atoms with Gasteiger partial charge in [-0.1, -0.05) is 67.9 Å². The molecule has 1 aliphatic carbocycles. The van der Waals surface area contributed by atoms with E-state index < -0.39 is 0 Å². The topological polar surface area (TPSA) is 41.7 Å². The number of hydrogen-bond acceptors (Lipinski definition) is 4. The van der Waals surface area contributed by atoms with Gasteiger partial charge in [0.2, 0.25) is 0 Å². The summed E-state index contributed by atoms with van der Waals surface area (Å²) >= 11 is 0. The van der Waals surface area contributed by atoms with Crippen molar-refractivity contribution in [1.82, 2.24) is 9.91 Å². The Balaban J connectivity index is 1.51. The van der Waals surface area contributed by atoms with Gasteiger partial charge in [0.05, 0.1) is 5.76 Å². The highest BCUT2D eigenvalue weighted by atomic mass is 16.5. The molecule has 2 unspecified atom stereocenters. The summed E-state index contributed by atoms with van der Waals surface area (Å²) in [6.45, 7) is 11.3. The first kappa shape index (κ1) is 27.6. The maximum atomic E-state index is 6.56. The minimum Gasteiger partial charge on any atom is -0.462 e. The lowest BCUT2D eigenvalue weighted by Crippen LogP contribution is -2.40. The maximum Gasteiger partial charge on any atom is 0.130 e. The molecule has 0 radical (unpaired) electrons. The van der Waals surface area contributed by atoms with Crippen LogP contribution in [0, 0.1) is 6.92 Å². The van der Waals surface area contributed by atoms with Gasteiger partial charge in [0, 0.05) is 31.6 Å². The molecule has 0 fully saturated rings. The standard InChI is InChI=1S/C35H45N3O/c1-6-11-24(2)26(4)39-34-21-32-28(20-25(34)3)18-19-37(5)33-17-16-30-29(14-10-15-31(30)35(32)33)23-38(36)22-27-12-8-7-9-13-27/h7-10,12-15,20-21,33,35H,6,11,16-19,22-23,36H2,1-5H3/b26-24+. The number of benzene rings is 3. The second-order valence-electron chi connectivity index (χ2n) is 11.7. The summed E-state index contributed by atoms with van der Waals surface area (Å²) in [6.07, 6.45) is 5.54. The van der Waals surface area contributed by atoms with Crippen LogP contribution in [0.2, 0.25) is 0 Å². The summed E-state index contributed by atoms with van der Waals surface area (Å²) in [5.41, 5.74) is 11.0. The molecule has 0 bridgehead atoms. The van der Waals surface area contributed by atoms with E-state index in [1.54, 1.807) is 0 Å². The van der Waals surface area contributed by atoms with E-state index in [-0.39, 0.29) is 0 Å². The third-order valence-corrected chi connectivity index (χ3v) is 8.88. The monoisotopic (exact) mass is 523 g/mol. The summed E-state index contributed by atoms with van der Waals surface area (Å²) in [6, 6.07) is 22.6. The van der Waals surface area contributed by atoms with Gasteiger partial charge in [0.25, 0.3) is 0 Å². The summed E-state index contributed by atoms with van der Waals surface area (Å²) in [7, 11) is 2.31. The van der Waals surface area contributed by atoms with E-state index in [0.717, 1.165) is 63.2 Å². The lowest BCUT2D eigenvalue weighted by molar-refractivity contribution is 0.212. The molecule has 0 spiro atoms. The van der Waals surface area contributed by atoms with Crippen LogP contribution in [-0.2, 0) is 25.9 Å². The molecular formula is C35H45N3O. The minimum atomic E-state index is 0.334. The molecule has 2 N–H and O–H groups in total. The van der Waals surface area contributed by atoms with E-state index in [4.69, 9.17) is 10.6 Å². The highest BCUT2D eigenvalue weighted by Crippen LogP contribution is 2.45. The van der Waals surface area contributed by atoms with E-state index in [1.807, 2.05) is 5.01 Å². The van der Waals surface area contributed by atoms with Crippen LogP contribution in [-0.4, -0.2) is 29.5 Å². The molecule has 3 aromatic rings. The largest absolute Gasteiger partial charge is 0.462 e. The van der Waals surface area contributed by atoms with Gasteiger partial charge in [0.1, 0.15) is 5.75 Å². The Kier molecular flexibility index (Phi) is 8.56. The lowest BCUT2D eigenvalue weighted by Gasteiger charge is -2.39. The second kappa shape index (κ2) is 12.1. The number of hydrazine groups is 1. The summed E-state index contributed by atoms with van der Waals surface area (Å²) in [4.78, 5) is 2.59. The lowest BCUT2D eigenvalue weighted by atomic mass is 9.73. The Labute approximate surface area is 235 Å². The number of ether oxygens (including phenoxy) is 1. The van der Waals surface area contributed by atoms with Gasteiger partial charge in [-0.25, -0.2) is 5.01 Å². The number of nitrogens with two attached hydrogens (primary N) is 1. The Hall–Kier alpha value is -2.92. The summed E-state index contributed by atoms with van der Waals surface area (Å²) in [5.74, 6) is 8.93. The molecule has 0 saturated carbocycles. The summed E-state index contributed by atoms with van der Waals surface area (Å²) in [5, 5.41) is 1.95. The van der Waals surface area contributed by atoms with Crippen molar-refractivity contribution in [3.05, 3.63) is 111 Å². The van der Waals surface area contributed by atoms with Crippen LogP contribution in [0.5, 0.6) is 5.75 Å². The van der Waals surface area contributed by atoms with Gasteiger partial charge in [-0.05, 0) is 104 Å². The van der Waals surface area contributed by atoms with E-state index in [0.29, 0.717) is 12.0 Å². The molecule has 0 aromatic heterocycles. The van der Waals surface area contributed by atoms with E-state index in [9.17, 15) is 0 Å². The molecule has 5 rings (SSSR count). The zero-order valence-corrected chi connectivity index (χ0v) is 24.5. The Morgan fingerprint density at radius 1 is 1.00 bits per heavy atom. The van der Waals surface area contributed by atoms with Crippen molar-refractivity contribution in [2.45, 2.75) is 84.8 Å². The van der Waals surface area contributed by atoms with Gasteiger partial charge >= 0.3 is 0 Å². The van der Waals surface area contributed by atoms with Gasteiger partial charge in [-0.15, -0.1) is 0 Å². The van der Waals surface area contributed by atoms with Crippen LogP contribution >= 0.6 is 0 Å². The first-order valence-corrected chi connectivity index (χ1v) is 14.7. The Morgan fingerprint density at radius 2 is 1.79 bits per heavy atom. The molecule has 2 atom stereocenters. The van der Waals surface area contributed by atoms with Crippen molar-refractivity contribution >= 4 is 0 Å². The number of nitrogens with zero attached hydrogens (tertiary/aromatic N) is 2. The Morgan fingerprint density at radius 3 is 2.56 bits per heavy atom. The average Bonchev–Trinajstić information content (AvgIpc) is 3.06. The number of aryl methyl sites for hydroxylation is 1. The van der Waals surface area contributed by atoms with Gasteiger partial charge in [-0.3, -0.25) is 5.84 Å². The minimum absolute atomic E-state index is 0.334. The first-order valence-electron chi connectivity index (χ1n) is 14.7. The molecule has 39 heavy (non-hydrogen) atoms. The van der Waals surface area contributed by atoms with Crippen molar-refractivity contribution in [3.8, 4) is 5.75 Å². The average molecular weight is 524 g/mol. The zero-order valence-electron chi connectivity index (χ0n) is 24.5. The molecule has 4 heteroatoms. The van der Waals surface area contributed by atoms with Crippen molar-refractivity contribution in [2.24, 2.45) is 5.84 Å². The van der Waals surface area contributed by atoms with Crippen molar-refractivity contribution in [2.75, 3.05) is 13.6 Å². The van der Waals surface area contributed by atoms with Crippen molar-refractivity contribution < 1.29 is 4.74 Å². The number of allylic oxidation sites excluding steroid dienone is 2. The van der Waals surface area contributed by atoms with E-state index in [1.165, 1.54) is 44.5 Å². The fraction of sp³-hybridized carbons (Fsp3) is 0.429. The molecule has 0 saturated heterocycles. The van der Waals surface area contributed by atoms with Gasteiger partial charge < -0.3 is 9.64 Å². The zero-order chi connectivity index (χ0) is 27.5. The van der Waals surface area contributed by atoms with E-state index in [2.05, 4.69) is 100 Å². The predicted molar refractivity (Wildman–Crippen MR) is 162 cm³/mol. The fourth-order valence-electron chi connectivity index (χ4n) is 6.65. The second-order valence-corrected chi connectivity index (χ2v) is 11.7. The summed E-state index contributed by atoms with van der Waals surface area (Å²) < 4.78 is 6.54. The molecule has 3 aromatic carbocycles. The van der Waals surface area contributed by atoms with Crippen LogP contribution in [0.25, 0.3) is 0 Å². The molecule has 1 aliphatic heterocycles. The van der Waals surface area contributed by atoms with Crippen molar-refractivity contribution in [3.63, 3.8) is 0 Å². The highest BCUT2D eigenvalue weighted by molar-refractivity contribution is 5.52. The molecule has 206 valence electrons. The molecular weight excluding hydrogens is 478 g/mol. The normalized spacial score (nSPS) is 19.6. The number of likely N-dealkylation sites (N-methyl/N-ethyl adjacent to an activating group) is 1. The van der Waals surface area contributed by atoms with Crippen LogP contribution in [0.4, 0.5) is 0 Å². The number of hydrogen-bond donors (Lipinski definition) is 1. The van der Waals surface area contributed by atoms with Crippen LogP contribution in [0.3, 0.4) is 0 Å². The molecule has 0 amide bonds. The number of fused-ring (bicyclic) bond motifs is 5. The van der Waals surface area contributed by atoms with Crippen LogP contribution < -0.4 is 10.6 Å². The van der Waals surface area contributed by atoms with Gasteiger partial charge in [-0.2, -0.15) is 0 Å². The molecule has 4 nitrogen and oxygen atoms in total. The van der Waals surface area contributed by atoms with E-state index >= 15 is 0 Å². The molecule has 1 heterocycles. The molecule has 2 aliphatic rings.